The fourth-order valence-electron chi connectivity index (χ4n) is 1.43. The summed E-state index contributed by atoms with van der Waals surface area (Å²) in [4.78, 5) is 11.8. The van der Waals surface area contributed by atoms with Crippen molar-refractivity contribution in [2.24, 2.45) is 0 Å². The molecular formula is C14H21NO. The minimum absolute atomic E-state index is 0.0182. The van der Waals surface area contributed by atoms with Crippen molar-refractivity contribution in [2.45, 2.75) is 46.1 Å². The van der Waals surface area contributed by atoms with Gasteiger partial charge in [0.05, 0.1) is 0 Å². The average molecular weight is 219 g/mol. The molecule has 1 aromatic carbocycles. The molecule has 0 aliphatic carbocycles. The molecule has 0 aliphatic rings. The van der Waals surface area contributed by atoms with Gasteiger partial charge in [-0.15, -0.1) is 0 Å². The van der Waals surface area contributed by atoms with Gasteiger partial charge in [0, 0.05) is 11.6 Å². The first-order chi connectivity index (χ1) is 7.54. The van der Waals surface area contributed by atoms with E-state index in [0.717, 1.165) is 12.0 Å². The fraction of sp³-hybridized carbons (Fsp3) is 0.500. The van der Waals surface area contributed by atoms with Gasteiger partial charge in [-0.2, -0.15) is 0 Å². The molecule has 0 aromatic heterocycles. The Morgan fingerprint density at radius 3 is 2.19 bits per heavy atom. The minimum atomic E-state index is 0.0182. The van der Waals surface area contributed by atoms with Crippen LogP contribution in [0.2, 0.25) is 0 Å². The lowest BCUT2D eigenvalue weighted by atomic mass is 10.0. The standard InChI is InChI=1S/C14H21NO/c1-5-11(4)15-14(16)13-8-6-12(7-9-13)10(2)3/h6-11H,5H2,1-4H3,(H,15,16)/t11-/m0/s1. The van der Waals surface area contributed by atoms with Crippen molar-refractivity contribution in [1.29, 1.82) is 0 Å². The molecule has 0 unspecified atom stereocenters. The molecule has 0 bridgehead atoms. The van der Waals surface area contributed by atoms with Crippen LogP contribution in [0.4, 0.5) is 0 Å². The van der Waals surface area contributed by atoms with E-state index >= 15 is 0 Å². The van der Waals surface area contributed by atoms with Gasteiger partial charge in [0.25, 0.3) is 5.91 Å². The van der Waals surface area contributed by atoms with Gasteiger partial charge in [-0.05, 0) is 37.0 Å². The van der Waals surface area contributed by atoms with Crippen LogP contribution in [0.1, 0.15) is 56.0 Å². The van der Waals surface area contributed by atoms with Crippen LogP contribution < -0.4 is 5.32 Å². The highest BCUT2D eigenvalue weighted by Crippen LogP contribution is 2.14. The van der Waals surface area contributed by atoms with Gasteiger partial charge in [-0.3, -0.25) is 4.79 Å². The van der Waals surface area contributed by atoms with E-state index in [-0.39, 0.29) is 11.9 Å². The Labute approximate surface area is 98.1 Å². The summed E-state index contributed by atoms with van der Waals surface area (Å²) in [6, 6.07) is 8.07. The van der Waals surface area contributed by atoms with Gasteiger partial charge >= 0.3 is 0 Å². The van der Waals surface area contributed by atoms with Gasteiger partial charge in [-0.25, -0.2) is 0 Å². The third-order valence-electron chi connectivity index (χ3n) is 2.83. The van der Waals surface area contributed by atoms with E-state index in [1.165, 1.54) is 5.56 Å². The van der Waals surface area contributed by atoms with E-state index in [4.69, 9.17) is 0 Å². The number of carbonyl (C=O) groups excluding carboxylic acids is 1. The molecule has 2 heteroatoms. The highest BCUT2D eigenvalue weighted by molar-refractivity contribution is 5.94. The summed E-state index contributed by atoms with van der Waals surface area (Å²) < 4.78 is 0. The van der Waals surface area contributed by atoms with Crippen LogP contribution >= 0.6 is 0 Å². The van der Waals surface area contributed by atoms with Crippen LogP contribution in [-0.2, 0) is 0 Å². The Bertz CT molecular complexity index is 340. The zero-order valence-corrected chi connectivity index (χ0v) is 10.6. The summed E-state index contributed by atoms with van der Waals surface area (Å²) in [5.41, 5.74) is 2.00. The van der Waals surface area contributed by atoms with Gasteiger partial charge < -0.3 is 5.32 Å². The van der Waals surface area contributed by atoms with E-state index in [9.17, 15) is 4.79 Å². The van der Waals surface area contributed by atoms with Gasteiger partial charge in [0.1, 0.15) is 0 Å². The SMILES string of the molecule is CC[C@H](C)NC(=O)c1ccc(C(C)C)cc1. The number of hydrogen-bond donors (Lipinski definition) is 1. The Morgan fingerprint density at radius 1 is 1.19 bits per heavy atom. The van der Waals surface area contributed by atoms with E-state index < -0.39 is 0 Å². The van der Waals surface area contributed by atoms with Crippen molar-refractivity contribution in [1.82, 2.24) is 5.32 Å². The van der Waals surface area contributed by atoms with E-state index in [1.54, 1.807) is 0 Å². The lowest BCUT2D eigenvalue weighted by Crippen LogP contribution is -2.31. The van der Waals surface area contributed by atoms with Gasteiger partial charge in [0.15, 0.2) is 0 Å². The highest BCUT2D eigenvalue weighted by Gasteiger charge is 2.08. The zero-order valence-electron chi connectivity index (χ0n) is 10.6. The molecule has 0 spiro atoms. The van der Waals surface area contributed by atoms with Crippen LogP contribution in [0.15, 0.2) is 24.3 Å². The van der Waals surface area contributed by atoms with Crippen molar-refractivity contribution >= 4 is 5.91 Å². The van der Waals surface area contributed by atoms with Crippen molar-refractivity contribution < 1.29 is 4.79 Å². The molecule has 0 fully saturated rings. The zero-order chi connectivity index (χ0) is 12.1. The second-order valence-electron chi connectivity index (χ2n) is 4.56. The number of hydrogen-bond acceptors (Lipinski definition) is 1. The maximum atomic E-state index is 11.8. The molecule has 0 aliphatic heterocycles. The molecule has 2 nitrogen and oxygen atoms in total. The Hall–Kier alpha value is -1.31. The maximum Gasteiger partial charge on any atom is 0.251 e. The number of nitrogens with one attached hydrogen (secondary N) is 1. The largest absolute Gasteiger partial charge is 0.350 e. The molecule has 0 saturated carbocycles. The van der Waals surface area contributed by atoms with E-state index in [2.05, 4.69) is 26.1 Å². The van der Waals surface area contributed by atoms with Crippen molar-refractivity contribution in [3.05, 3.63) is 35.4 Å². The van der Waals surface area contributed by atoms with Crippen molar-refractivity contribution in [2.75, 3.05) is 0 Å². The maximum absolute atomic E-state index is 11.8. The number of amides is 1. The molecule has 1 N–H and O–H groups in total. The Morgan fingerprint density at radius 2 is 1.75 bits per heavy atom. The summed E-state index contributed by atoms with van der Waals surface area (Å²) in [5, 5.41) is 2.96. The summed E-state index contributed by atoms with van der Waals surface area (Å²) in [6.45, 7) is 8.37. The summed E-state index contributed by atoms with van der Waals surface area (Å²) in [5.74, 6) is 0.524. The summed E-state index contributed by atoms with van der Waals surface area (Å²) >= 11 is 0. The molecule has 88 valence electrons. The van der Waals surface area contributed by atoms with Crippen molar-refractivity contribution in [3.63, 3.8) is 0 Å². The van der Waals surface area contributed by atoms with Crippen LogP contribution in [-0.4, -0.2) is 11.9 Å². The van der Waals surface area contributed by atoms with Crippen LogP contribution in [0.25, 0.3) is 0 Å². The monoisotopic (exact) mass is 219 g/mol. The fourth-order valence-corrected chi connectivity index (χ4v) is 1.43. The van der Waals surface area contributed by atoms with Crippen LogP contribution in [0.3, 0.4) is 0 Å². The normalized spacial score (nSPS) is 12.6. The highest BCUT2D eigenvalue weighted by atomic mass is 16.1. The van der Waals surface area contributed by atoms with Crippen molar-refractivity contribution in [3.8, 4) is 0 Å². The number of benzene rings is 1. The smallest absolute Gasteiger partial charge is 0.251 e. The lowest BCUT2D eigenvalue weighted by molar-refractivity contribution is 0.0939. The van der Waals surface area contributed by atoms with Crippen LogP contribution in [0, 0.1) is 0 Å². The Balaban J connectivity index is 2.70. The van der Waals surface area contributed by atoms with E-state index in [1.807, 2.05) is 31.2 Å². The second kappa shape index (κ2) is 5.69. The van der Waals surface area contributed by atoms with E-state index in [0.29, 0.717) is 5.92 Å². The van der Waals surface area contributed by atoms with Gasteiger partial charge in [0.2, 0.25) is 0 Å². The molecular weight excluding hydrogens is 198 g/mol. The molecule has 1 atom stereocenters. The second-order valence-corrected chi connectivity index (χ2v) is 4.56. The average Bonchev–Trinajstić information content (AvgIpc) is 2.28. The topological polar surface area (TPSA) is 29.1 Å². The first kappa shape index (κ1) is 12.8. The predicted octanol–water partition coefficient (Wildman–Crippen LogP) is 3.34. The molecule has 0 radical (unpaired) electrons. The molecule has 1 rings (SSSR count). The lowest BCUT2D eigenvalue weighted by Gasteiger charge is -2.12. The molecule has 16 heavy (non-hydrogen) atoms. The number of rotatable bonds is 4. The summed E-state index contributed by atoms with van der Waals surface area (Å²) in [7, 11) is 0. The molecule has 1 amide bonds. The minimum Gasteiger partial charge on any atom is -0.350 e. The predicted molar refractivity (Wildman–Crippen MR) is 67.8 cm³/mol. The number of carbonyl (C=O) groups is 1. The molecule has 0 heterocycles. The first-order valence-electron chi connectivity index (χ1n) is 5.95. The Kier molecular flexibility index (Phi) is 4.53. The first-order valence-corrected chi connectivity index (χ1v) is 5.95. The third kappa shape index (κ3) is 3.37. The van der Waals surface area contributed by atoms with Gasteiger partial charge in [-0.1, -0.05) is 32.9 Å². The molecule has 1 aromatic rings. The third-order valence-corrected chi connectivity index (χ3v) is 2.83. The quantitative estimate of drug-likeness (QED) is 0.826. The summed E-state index contributed by atoms with van der Waals surface area (Å²) in [6.07, 6.45) is 0.954. The molecule has 0 saturated heterocycles. The van der Waals surface area contributed by atoms with Crippen LogP contribution in [0.5, 0.6) is 0 Å².